The average Bonchev–Trinajstić information content (AvgIpc) is 3.65. The van der Waals surface area contributed by atoms with Crippen molar-refractivity contribution >= 4 is 28.1 Å². The Balaban J connectivity index is 1.48. The number of nitrogen functional groups attached to an aromatic ring is 1. The molecule has 8 nitrogen and oxygen atoms in total. The van der Waals surface area contributed by atoms with Gasteiger partial charge >= 0.3 is 0 Å². The Morgan fingerprint density at radius 1 is 1.11 bits per heavy atom. The maximum Gasteiger partial charge on any atom is 0.263 e. The molecule has 0 spiro atoms. The molecule has 1 aliphatic rings. The summed E-state index contributed by atoms with van der Waals surface area (Å²) >= 11 is 0. The number of rotatable bonds is 5. The van der Waals surface area contributed by atoms with E-state index in [0.717, 1.165) is 34.9 Å². The van der Waals surface area contributed by atoms with Gasteiger partial charge in [-0.3, -0.25) is 14.2 Å². The highest BCUT2D eigenvalue weighted by Gasteiger charge is 2.28. The summed E-state index contributed by atoms with van der Waals surface area (Å²) < 4.78 is 3.18. The van der Waals surface area contributed by atoms with Crippen molar-refractivity contribution < 1.29 is 4.79 Å². The smallest absolute Gasteiger partial charge is 0.263 e. The van der Waals surface area contributed by atoms with Crippen LogP contribution in [0.1, 0.15) is 53.3 Å². The standard InChI is InChI=1S/C27H24N6O2/c1-16(30-26(34)23-24(28)31-32-14-6-13-29-25(23)32)21-15-18-7-5-10-20(17-11-12-17)22(18)27(35)33(21)19-8-3-2-4-9-19/h2-10,13-17H,11-12H2,1H3,(H2,28,31)(H,30,34). The molecule has 1 aliphatic carbocycles. The molecular weight excluding hydrogens is 440 g/mol. The van der Waals surface area contributed by atoms with E-state index in [1.54, 1.807) is 23.0 Å². The fourth-order valence-corrected chi connectivity index (χ4v) is 4.77. The molecule has 174 valence electrons. The molecule has 3 heterocycles. The third-order valence-corrected chi connectivity index (χ3v) is 6.58. The van der Waals surface area contributed by atoms with Crippen LogP contribution in [-0.2, 0) is 0 Å². The van der Waals surface area contributed by atoms with Crippen LogP contribution in [0.4, 0.5) is 5.82 Å². The molecule has 0 saturated heterocycles. The van der Waals surface area contributed by atoms with Gasteiger partial charge in [0.05, 0.1) is 11.4 Å². The highest BCUT2D eigenvalue weighted by Crippen LogP contribution is 2.42. The molecule has 1 unspecified atom stereocenters. The lowest BCUT2D eigenvalue weighted by atomic mass is 10.00. The summed E-state index contributed by atoms with van der Waals surface area (Å²) in [4.78, 5) is 31.5. The first-order valence-corrected chi connectivity index (χ1v) is 11.7. The van der Waals surface area contributed by atoms with E-state index in [9.17, 15) is 9.59 Å². The zero-order valence-electron chi connectivity index (χ0n) is 19.2. The van der Waals surface area contributed by atoms with Crippen LogP contribution in [0, 0.1) is 0 Å². The van der Waals surface area contributed by atoms with E-state index in [2.05, 4.69) is 21.5 Å². The van der Waals surface area contributed by atoms with Gasteiger partial charge in [0.25, 0.3) is 11.5 Å². The van der Waals surface area contributed by atoms with Gasteiger partial charge in [0, 0.05) is 23.8 Å². The molecule has 3 aromatic heterocycles. The van der Waals surface area contributed by atoms with Crippen LogP contribution in [0.2, 0.25) is 0 Å². The number of nitrogens with zero attached hydrogens (tertiary/aromatic N) is 4. The van der Waals surface area contributed by atoms with Crippen LogP contribution in [0.25, 0.3) is 22.1 Å². The predicted octanol–water partition coefficient (Wildman–Crippen LogP) is 3.98. The van der Waals surface area contributed by atoms with Crippen LogP contribution in [-0.4, -0.2) is 25.1 Å². The van der Waals surface area contributed by atoms with Gasteiger partial charge in [-0.15, -0.1) is 5.10 Å². The molecule has 5 aromatic rings. The Labute approximate surface area is 201 Å². The third kappa shape index (κ3) is 3.54. The molecule has 0 radical (unpaired) electrons. The van der Waals surface area contributed by atoms with Crippen molar-refractivity contribution in [3.05, 3.63) is 100 Å². The number of anilines is 1. The SMILES string of the molecule is CC(NC(=O)c1c(N)nn2cccnc12)c1cc2cccc(C3CC3)c2c(=O)n1-c1ccccc1. The molecule has 35 heavy (non-hydrogen) atoms. The summed E-state index contributed by atoms with van der Waals surface area (Å²) in [6.45, 7) is 1.86. The average molecular weight is 465 g/mol. The van der Waals surface area contributed by atoms with Crippen molar-refractivity contribution in [2.45, 2.75) is 31.7 Å². The number of para-hydroxylation sites is 1. The van der Waals surface area contributed by atoms with Gasteiger partial charge in [-0.05, 0) is 60.9 Å². The maximum absolute atomic E-state index is 14.0. The zero-order chi connectivity index (χ0) is 24.1. The van der Waals surface area contributed by atoms with E-state index in [0.29, 0.717) is 17.3 Å². The van der Waals surface area contributed by atoms with Crippen LogP contribution in [0.15, 0.2) is 77.9 Å². The first-order chi connectivity index (χ1) is 17.0. The minimum absolute atomic E-state index is 0.0792. The van der Waals surface area contributed by atoms with Gasteiger partial charge in [0.1, 0.15) is 5.56 Å². The summed E-state index contributed by atoms with van der Waals surface area (Å²) in [6, 6.07) is 18.8. The van der Waals surface area contributed by atoms with Gasteiger partial charge in [0.15, 0.2) is 11.5 Å². The lowest BCUT2D eigenvalue weighted by molar-refractivity contribution is 0.0941. The molecule has 1 amide bonds. The van der Waals surface area contributed by atoms with Crippen molar-refractivity contribution in [2.24, 2.45) is 0 Å². The number of nitrogens with two attached hydrogens (primary N) is 1. The highest BCUT2D eigenvalue weighted by molar-refractivity contribution is 6.04. The van der Waals surface area contributed by atoms with Crippen LogP contribution in [0.3, 0.4) is 0 Å². The molecule has 2 aromatic carbocycles. The number of hydrogen-bond acceptors (Lipinski definition) is 5. The van der Waals surface area contributed by atoms with E-state index in [-0.39, 0.29) is 16.9 Å². The lowest BCUT2D eigenvalue weighted by Gasteiger charge is -2.21. The summed E-state index contributed by atoms with van der Waals surface area (Å²) in [5.41, 5.74) is 9.09. The molecule has 1 saturated carbocycles. The number of fused-ring (bicyclic) bond motifs is 2. The predicted molar refractivity (Wildman–Crippen MR) is 135 cm³/mol. The van der Waals surface area contributed by atoms with E-state index >= 15 is 0 Å². The van der Waals surface area contributed by atoms with Gasteiger partial charge in [0.2, 0.25) is 0 Å². The minimum atomic E-state index is -0.498. The molecule has 6 rings (SSSR count). The second-order valence-corrected chi connectivity index (χ2v) is 8.97. The summed E-state index contributed by atoms with van der Waals surface area (Å²) in [5.74, 6) is 0.133. The Morgan fingerprint density at radius 2 is 1.91 bits per heavy atom. The number of aromatic nitrogens is 4. The number of hydrogen-bond donors (Lipinski definition) is 2. The molecular formula is C27H24N6O2. The van der Waals surface area contributed by atoms with Crippen LogP contribution in [0.5, 0.6) is 0 Å². The lowest BCUT2D eigenvalue weighted by Crippen LogP contribution is -2.32. The number of benzene rings is 2. The van der Waals surface area contributed by atoms with E-state index in [4.69, 9.17) is 5.73 Å². The number of amides is 1. The van der Waals surface area contributed by atoms with Gasteiger partial charge in [-0.1, -0.05) is 36.4 Å². The number of nitrogens with one attached hydrogen (secondary N) is 1. The number of carbonyl (C=O) groups is 1. The van der Waals surface area contributed by atoms with Gasteiger partial charge in [-0.2, -0.15) is 0 Å². The summed E-state index contributed by atoms with van der Waals surface area (Å²) in [6.07, 6.45) is 5.48. The summed E-state index contributed by atoms with van der Waals surface area (Å²) in [5, 5.41) is 8.82. The molecule has 0 aliphatic heterocycles. The minimum Gasteiger partial charge on any atom is -0.381 e. The first-order valence-electron chi connectivity index (χ1n) is 11.7. The highest BCUT2D eigenvalue weighted by atomic mass is 16.2. The fraction of sp³-hybridized carbons (Fsp3) is 0.185. The Morgan fingerprint density at radius 3 is 2.69 bits per heavy atom. The molecule has 0 bridgehead atoms. The van der Waals surface area contributed by atoms with Crippen molar-refractivity contribution in [3.63, 3.8) is 0 Å². The van der Waals surface area contributed by atoms with Crippen molar-refractivity contribution in [1.29, 1.82) is 0 Å². The normalized spacial score (nSPS) is 14.3. The van der Waals surface area contributed by atoms with Crippen molar-refractivity contribution in [3.8, 4) is 5.69 Å². The Bertz CT molecular complexity index is 1650. The molecule has 1 atom stereocenters. The van der Waals surface area contributed by atoms with Crippen LogP contribution < -0.4 is 16.6 Å². The Kier molecular flexibility index (Phi) is 4.88. The maximum atomic E-state index is 14.0. The van der Waals surface area contributed by atoms with Gasteiger partial charge in [-0.25, -0.2) is 9.50 Å². The second-order valence-electron chi connectivity index (χ2n) is 8.97. The number of pyridine rings is 1. The van der Waals surface area contributed by atoms with E-state index in [1.807, 2.05) is 55.5 Å². The van der Waals surface area contributed by atoms with Crippen LogP contribution >= 0.6 is 0 Å². The topological polar surface area (TPSA) is 107 Å². The van der Waals surface area contributed by atoms with Gasteiger partial charge < -0.3 is 11.1 Å². The zero-order valence-corrected chi connectivity index (χ0v) is 19.2. The largest absolute Gasteiger partial charge is 0.381 e. The monoisotopic (exact) mass is 464 g/mol. The molecule has 8 heteroatoms. The molecule has 1 fully saturated rings. The third-order valence-electron chi connectivity index (χ3n) is 6.58. The fourth-order valence-electron chi connectivity index (χ4n) is 4.77. The van der Waals surface area contributed by atoms with E-state index < -0.39 is 11.9 Å². The van der Waals surface area contributed by atoms with E-state index in [1.165, 1.54) is 4.52 Å². The van der Waals surface area contributed by atoms with Crippen molar-refractivity contribution in [1.82, 2.24) is 24.5 Å². The summed E-state index contributed by atoms with van der Waals surface area (Å²) in [7, 11) is 0. The first kappa shape index (κ1) is 21.1. The Hall–Kier alpha value is -4.46. The quantitative estimate of drug-likeness (QED) is 0.409. The van der Waals surface area contributed by atoms with Crippen molar-refractivity contribution in [2.75, 3.05) is 5.73 Å². The second kappa shape index (κ2) is 8.09. The molecule has 3 N–H and O–H groups in total. The number of carbonyl (C=O) groups excluding carboxylic acids is 1.